The van der Waals surface area contributed by atoms with Crippen molar-refractivity contribution in [2.75, 3.05) is 12.4 Å². The van der Waals surface area contributed by atoms with Gasteiger partial charge in [-0.1, -0.05) is 0 Å². The van der Waals surface area contributed by atoms with Crippen molar-refractivity contribution >= 4 is 21.9 Å². The molecule has 0 amide bonds. The first kappa shape index (κ1) is 12.7. The van der Waals surface area contributed by atoms with Crippen molar-refractivity contribution in [2.45, 2.75) is 0 Å². The first-order valence-corrected chi connectivity index (χ1v) is 5.72. The molecule has 0 aliphatic carbocycles. The van der Waals surface area contributed by atoms with Crippen LogP contribution < -0.4 is 10.1 Å². The van der Waals surface area contributed by atoms with Gasteiger partial charge in [-0.2, -0.15) is 4.98 Å². The highest BCUT2D eigenvalue weighted by atomic mass is 79.9. The molecule has 4 nitrogen and oxygen atoms in total. The molecule has 18 heavy (non-hydrogen) atoms. The normalized spacial score (nSPS) is 10.2. The van der Waals surface area contributed by atoms with E-state index in [2.05, 4.69) is 31.2 Å². The summed E-state index contributed by atoms with van der Waals surface area (Å²) in [6, 6.07) is 2.94. The van der Waals surface area contributed by atoms with Crippen LogP contribution in [0.4, 0.5) is 14.7 Å². The van der Waals surface area contributed by atoms with Crippen molar-refractivity contribution in [3.63, 3.8) is 0 Å². The van der Waals surface area contributed by atoms with Gasteiger partial charge in [0.15, 0.2) is 11.6 Å². The Kier molecular flexibility index (Phi) is 3.71. The Hall–Kier alpha value is -1.76. The number of anilines is 1. The molecule has 2 aromatic rings. The van der Waals surface area contributed by atoms with Gasteiger partial charge in [-0.3, -0.25) is 0 Å². The summed E-state index contributed by atoms with van der Waals surface area (Å²) in [6.07, 6.45) is 1.45. The minimum absolute atomic E-state index is 0.0962. The average molecular weight is 316 g/mol. The molecule has 7 heteroatoms. The van der Waals surface area contributed by atoms with Gasteiger partial charge in [0.2, 0.25) is 11.8 Å². The van der Waals surface area contributed by atoms with E-state index in [9.17, 15) is 8.78 Å². The summed E-state index contributed by atoms with van der Waals surface area (Å²) in [5.74, 6) is -1.10. The number of halogens is 3. The van der Waals surface area contributed by atoms with E-state index in [0.717, 1.165) is 18.2 Å². The quantitative estimate of drug-likeness (QED) is 0.943. The van der Waals surface area contributed by atoms with Gasteiger partial charge < -0.3 is 10.1 Å². The van der Waals surface area contributed by atoms with E-state index in [1.807, 2.05) is 0 Å². The number of hydrogen-bond acceptors (Lipinski definition) is 4. The summed E-state index contributed by atoms with van der Waals surface area (Å²) < 4.78 is 32.0. The largest absolute Gasteiger partial charge is 0.434 e. The van der Waals surface area contributed by atoms with Crippen LogP contribution in [-0.2, 0) is 0 Å². The monoisotopic (exact) mass is 315 g/mol. The van der Waals surface area contributed by atoms with Crippen molar-refractivity contribution in [1.82, 2.24) is 9.97 Å². The SMILES string of the molecule is CNc1ncc(Br)c(Oc2cc(F)ccc2F)n1. The third kappa shape index (κ3) is 2.73. The van der Waals surface area contributed by atoms with Crippen molar-refractivity contribution in [2.24, 2.45) is 0 Å². The number of nitrogens with zero attached hydrogens (tertiary/aromatic N) is 2. The molecule has 0 saturated carbocycles. The number of ether oxygens (including phenoxy) is 1. The fourth-order valence-corrected chi connectivity index (χ4v) is 1.48. The molecule has 1 N–H and O–H groups in total. The molecule has 0 aliphatic rings. The molecule has 1 aromatic heterocycles. The molecule has 0 spiro atoms. The minimum atomic E-state index is -0.673. The third-order valence-electron chi connectivity index (χ3n) is 2.04. The lowest BCUT2D eigenvalue weighted by molar-refractivity contribution is 0.419. The molecule has 0 atom stereocenters. The molecule has 0 fully saturated rings. The Morgan fingerprint density at radius 3 is 2.83 bits per heavy atom. The highest BCUT2D eigenvalue weighted by molar-refractivity contribution is 9.10. The number of aromatic nitrogens is 2. The molecular weight excluding hydrogens is 308 g/mol. The zero-order chi connectivity index (χ0) is 13.1. The summed E-state index contributed by atoms with van der Waals surface area (Å²) in [6.45, 7) is 0. The smallest absolute Gasteiger partial charge is 0.238 e. The van der Waals surface area contributed by atoms with Gasteiger partial charge in [-0.05, 0) is 28.1 Å². The van der Waals surface area contributed by atoms with Crippen molar-refractivity contribution < 1.29 is 13.5 Å². The second-order valence-corrected chi connectivity index (χ2v) is 4.13. The van der Waals surface area contributed by atoms with Crippen LogP contribution in [0.5, 0.6) is 11.6 Å². The second-order valence-electron chi connectivity index (χ2n) is 3.27. The molecule has 0 unspecified atom stereocenters. The molecule has 0 saturated heterocycles. The zero-order valence-corrected chi connectivity index (χ0v) is 10.8. The molecule has 0 aliphatic heterocycles. The highest BCUT2D eigenvalue weighted by Crippen LogP contribution is 2.29. The fourth-order valence-electron chi connectivity index (χ4n) is 1.20. The molecule has 94 valence electrons. The van der Waals surface area contributed by atoms with E-state index < -0.39 is 11.6 Å². The number of hydrogen-bond donors (Lipinski definition) is 1. The summed E-state index contributed by atoms with van der Waals surface area (Å²) >= 11 is 3.17. The Morgan fingerprint density at radius 1 is 1.33 bits per heavy atom. The van der Waals surface area contributed by atoms with Crippen LogP contribution in [0.3, 0.4) is 0 Å². The van der Waals surface area contributed by atoms with Crippen LogP contribution in [0.25, 0.3) is 0 Å². The Morgan fingerprint density at radius 2 is 2.11 bits per heavy atom. The Balaban J connectivity index is 2.36. The van der Waals surface area contributed by atoms with Crippen molar-refractivity contribution in [3.8, 4) is 11.6 Å². The summed E-state index contributed by atoms with van der Waals surface area (Å²) in [7, 11) is 1.63. The number of benzene rings is 1. The van der Waals surface area contributed by atoms with Crippen LogP contribution in [0.1, 0.15) is 0 Å². The summed E-state index contributed by atoms with van der Waals surface area (Å²) in [4.78, 5) is 7.90. The summed E-state index contributed by atoms with van der Waals surface area (Å²) in [5, 5.41) is 2.72. The number of rotatable bonds is 3. The van der Waals surface area contributed by atoms with Gasteiger partial charge >= 0.3 is 0 Å². The lowest BCUT2D eigenvalue weighted by atomic mass is 10.3. The van der Waals surface area contributed by atoms with Crippen LogP contribution >= 0.6 is 15.9 Å². The molecule has 1 heterocycles. The van der Waals surface area contributed by atoms with E-state index in [-0.39, 0.29) is 11.6 Å². The van der Waals surface area contributed by atoms with E-state index in [0.29, 0.717) is 10.4 Å². The highest BCUT2D eigenvalue weighted by Gasteiger charge is 2.11. The van der Waals surface area contributed by atoms with Gasteiger partial charge in [0.05, 0.1) is 10.7 Å². The van der Waals surface area contributed by atoms with Crippen LogP contribution in [-0.4, -0.2) is 17.0 Å². The topological polar surface area (TPSA) is 47.0 Å². The molecule has 2 rings (SSSR count). The van der Waals surface area contributed by atoms with Gasteiger partial charge in [0.25, 0.3) is 0 Å². The van der Waals surface area contributed by atoms with Crippen molar-refractivity contribution in [1.29, 1.82) is 0 Å². The second kappa shape index (κ2) is 5.26. The molecule has 0 radical (unpaired) electrons. The predicted octanol–water partition coefficient (Wildman–Crippen LogP) is 3.35. The van der Waals surface area contributed by atoms with Crippen LogP contribution in [0.2, 0.25) is 0 Å². The molecular formula is C11H8BrF2N3O. The Bertz CT molecular complexity index is 580. The standard InChI is InChI=1S/C11H8BrF2N3O/c1-15-11-16-5-7(12)10(17-11)18-9-4-6(13)2-3-8(9)14/h2-5H,1H3,(H,15,16,17). The minimum Gasteiger partial charge on any atom is -0.434 e. The van der Waals surface area contributed by atoms with Gasteiger partial charge in [-0.15, -0.1) is 0 Å². The lowest BCUT2D eigenvalue weighted by Gasteiger charge is -2.08. The van der Waals surface area contributed by atoms with E-state index in [1.165, 1.54) is 6.20 Å². The lowest BCUT2D eigenvalue weighted by Crippen LogP contribution is -1.99. The van der Waals surface area contributed by atoms with E-state index >= 15 is 0 Å². The molecule has 1 aromatic carbocycles. The maximum atomic E-state index is 13.4. The zero-order valence-electron chi connectivity index (χ0n) is 9.25. The van der Waals surface area contributed by atoms with E-state index in [4.69, 9.17) is 4.74 Å². The van der Waals surface area contributed by atoms with E-state index in [1.54, 1.807) is 7.05 Å². The maximum Gasteiger partial charge on any atom is 0.238 e. The Labute approximate surface area is 110 Å². The van der Waals surface area contributed by atoms with Gasteiger partial charge in [0.1, 0.15) is 5.82 Å². The fraction of sp³-hybridized carbons (Fsp3) is 0.0909. The first-order valence-electron chi connectivity index (χ1n) is 4.93. The van der Waals surface area contributed by atoms with Crippen LogP contribution in [0, 0.1) is 11.6 Å². The summed E-state index contributed by atoms with van der Waals surface area (Å²) in [5.41, 5.74) is 0. The predicted molar refractivity (Wildman–Crippen MR) is 65.7 cm³/mol. The first-order chi connectivity index (χ1) is 8.60. The molecule has 0 bridgehead atoms. The maximum absolute atomic E-state index is 13.4. The van der Waals surface area contributed by atoms with Gasteiger partial charge in [0, 0.05) is 13.1 Å². The number of nitrogens with one attached hydrogen (secondary N) is 1. The van der Waals surface area contributed by atoms with Crippen LogP contribution in [0.15, 0.2) is 28.9 Å². The third-order valence-corrected chi connectivity index (χ3v) is 2.58. The average Bonchev–Trinajstić information content (AvgIpc) is 2.36. The van der Waals surface area contributed by atoms with Crippen molar-refractivity contribution in [3.05, 3.63) is 40.5 Å². The van der Waals surface area contributed by atoms with Gasteiger partial charge in [-0.25, -0.2) is 13.8 Å².